The molecule has 0 saturated carbocycles. The average molecular weight is 450 g/mol. The molecule has 3 nitrogen and oxygen atoms in total. The summed E-state index contributed by atoms with van der Waals surface area (Å²) in [5.74, 6) is 0. The lowest BCUT2D eigenvalue weighted by molar-refractivity contribution is 0.587. The van der Waals surface area contributed by atoms with Crippen LogP contribution in [0, 0.1) is 5.41 Å². The summed E-state index contributed by atoms with van der Waals surface area (Å²) < 4.78 is 0. The van der Waals surface area contributed by atoms with Gasteiger partial charge in [0.15, 0.2) is 0 Å². The van der Waals surface area contributed by atoms with Gasteiger partial charge in [-0.05, 0) is 49.9 Å². The average Bonchev–Trinajstić information content (AvgIpc) is 2.78. The SMILES string of the molecule is CC(C)(C)Nc1ccccc1C(=NCc1cccc(-c2nccc3ccccc23)c1)C(C)(C)C. The predicted molar refractivity (Wildman–Crippen MR) is 147 cm³/mol. The topological polar surface area (TPSA) is 37.3 Å². The summed E-state index contributed by atoms with van der Waals surface area (Å²) in [5, 5.41) is 6.03. The Morgan fingerprint density at radius 1 is 0.824 bits per heavy atom. The van der Waals surface area contributed by atoms with E-state index >= 15 is 0 Å². The molecule has 4 aromatic rings. The Kier molecular flexibility index (Phi) is 6.56. The first-order chi connectivity index (χ1) is 16.1. The molecule has 1 aromatic heterocycles. The van der Waals surface area contributed by atoms with Crippen molar-refractivity contribution >= 4 is 22.2 Å². The number of aliphatic imine (C=N–C) groups is 1. The van der Waals surface area contributed by atoms with Gasteiger partial charge in [-0.15, -0.1) is 0 Å². The van der Waals surface area contributed by atoms with Crippen LogP contribution in [0.1, 0.15) is 52.7 Å². The van der Waals surface area contributed by atoms with Gasteiger partial charge in [0.2, 0.25) is 0 Å². The highest BCUT2D eigenvalue weighted by Crippen LogP contribution is 2.30. The summed E-state index contributed by atoms with van der Waals surface area (Å²) in [6, 6.07) is 27.6. The fourth-order valence-electron chi connectivity index (χ4n) is 4.27. The molecule has 0 saturated heterocycles. The summed E-state index contributed by atoms with van der Waals surface area (Å²) in [7, 11) is 0. The van der Waals surface area contributed by atoms with Gasteiger partial charge in [-0.3, -0.25) is 9.98 Å². The van der Waals surface area contributed by atoms with Crippen LogP contribution in [0.2, 0.25) is 0 Å². The third kappa shape index (κ3) is 5.53. The Bertz CT molecular complexity index is 1320. The Morgan fingerprint density at radius 2 is 1.56 bits per heavy atom. The number of fused-ring (bicyclic) bond motifs is 1. The van der Waals surface area contributed by atoms with E-state index in [-0.39, 0.29) is 11.0 Å². The second-order valence-electron chi connectivity index (χ2n) is 10.9. The smallest absolute Gasteiger partial charge is 0.0780 e. The fourth-order valence-corrected chi connectivity index (χ4v) is 4.27. The highest BCUT2D eigenvalue weighted by atomic mass is 15.0. The first-order valence-electron chi connectivity index (χ1n) is 12.0. The Hall–Kier alpha value is -3.46. The number of aromatic nitrogens is 1. The van der Waals surface area contributed by atoms with Crippen molar-refractivity contribution in [2.45, 2.75) is 53.6 Å². The van der Waals surface area contributed by atoms with E-state index in [1.807, 2.05) is 6.20 Å². The van der Waals surface area contributed by atoms with Gasteiger partial charge in [0.25, 0.3) is 0 Å². The van der Waals surface area contributed by atoms with Crippen LogP contribution in [0.5, 0.6) is 0 Å². The number of nitrogens with zero attached hydrogens (tertiary/aromatic N) is 2. The number of pyridine rings is 1. The number of rotatable bonds is 5. The maximum atomic E-state index is 5.18. The molecular formula is C31H35N3. The van der Waals surface area contributed by atoms with Gasteiger partial charge >= 0.3 is 0 Å². The van der Waals surface area contributed by atoms with Crippen molar-refractivity contribution in [3.63, 3.8) is 0 Å². The molecular weight excluding hydrogens is 414 g/mol. The van der Waals surface area contributed by atoms with E-state index in [4.69, 9.17) is 9.98 Å². The van der Waals surface area contributed by atoms with Gasteiger partial charge in [-0.2, -0.15) is 0 Å². The molecule has 1 heterocycles. The minimum Gasteiger partial charge on any atom is -0.380 e. The summed E-state index contributed by atoms with van der Waals surface area (Å²) in [6.45, 7) is 13.9. The van der Waals surface area contributed by atoms with Crippen LogP contribution in [-0.4, -0.2) is 16.2 Å². The molecule has 3 heteroatoms. The van der Waals surface area contributed by atoms with Crippen molar-refractivity contribution in [2.24, 2.45) is 10.4 Å². The van der Waals surface area contributed by atoms with E-state index in [2.05, 4.69) is 126 Å². The molecule has 0 unspecified atom stereocenters. The maximum absolute atomic E-state index is 5.18. The molecule has 34 heavy (non-hydrogen) atoms. The normalized spacial score (nSPS) is 12.7. The molecule has 0 radical (unpaired) electrons. The quantitative estimate of drug-likeness (QED) is 0.312. The summed E-state index contributed by atoms with van der Waals surface area (Å²) >= 11 is 0. The number of hydrogen-bond acceptors (Lipinski definition) is 3. The fraction of sp³-hybridized carbons (Fsp3) is 0.290. The van der Waals surface area contributed by atoms with Crippen molar-refractivity contribution in [1.82, 2.24) is 4.98 Å². The largest absolute Gasteiger partial charge is 0.380 e. The zero-order chi connectivity index (χ0) is 24.3. The van der Waals surface area contributed by atoms with Gasteiger partial charge in [-0.1, -0.05) is 81.4 Å². The van der Waals surface area contributed by atoms with Gasteiger partial charge in [-0.25, -0.2) is 0 Å². The third-order valence-electron chi connectivity index (χ3n) is 5.70. The van der Waals surface area contributed by atoms with Crippen LogP contribution >= 0.6 is 0 Å². The third-order valence-corrected chi connectivity index (χ3v) is 5.70. The zero-order valence-electron chi connectivity index (χ0n) is 21.2. The summed E-state index contributed by atoms with van der Waals surface area (Å²) in [4.78, 5) is 9.88. The molecule has 1 N–H and O–H groups in total. The van der Waals surface area contributed by atoms with Crippen molar-refractivity contribution < 1.29 is 0 Å². The molecule has 3 aromatic carbocycles. The van der Waals surface area contributed by atoms with Crippen molar-refractivity contribution in [2.75, 3.05) is 5.32 Å². The van der Waals surface area contributed by atoms with Crippen LogP contribution in [-0.2, 0) is 6.54 Å². The zero-order valence-corrected chi connectivity index (χ0v) is 21.2. The van der Waals surface area contributed by atoms with Crippen LogP contribution in [0.25, 0.3) is 22.0 Å². The summed E-state index contributed by atoms with van der Waals surface area (Å²) in [5.41, 5.74) is 6.58. The van der Waals surface area contributed by atoms with E-state index in [0.717, 1.165) is 28.2 Å². The van der Waals surface area contributed by atoms with E-state index in [0.29, 0.717) is 6.54 Å². The molecule has 174 valence electrons. The summed E-state index contributed by atoms with van der Waals surface area (Å²) in [6.07, 6.45) is 1.89. The standard InChI is InChI=1S/C31H35N3/c1-30(2,3)29(26-16-9-10-17-27(26)34-31(4,5)6)33-21-22-12-11-14-24(20-22)28-25-15-8-7-13-23(25)18-19-32-28/h7-20,34H,21H2,1-6H3. The minimum atomic E-state index is -0.0928. The minimum absolute atomic E-state index is 0.0289. The Labute approximate surface area is 204 Å². The van der Waals surface area contributed by atoms with Crippen molar-refractivity contribution in [1.29, 1.82) is 0 Å². The molecule has 0 spiro atoms. The van der Waals surface area contributed by atoms with E-state index in [1.165, 1.54) is 16.3 Å². The number of nitrogens with one attached hydrogen (secondary N) is 1. The van der Waals surface area contributed by atoms with Gasteiger partial charge in [0, 0.05) is 45.1 Å². The van der Waals surface area contributed by atoms with Crippen LogP contribution in [0.4, 0.5) is 5.69 Å². The molecule has 0 bridgehead atoms. The van der Waals surface area contributed by atoms with Crippen LogP contribution < -0.4 is 5.32 Å². The van der Waals surface area contributed by atoms with Crippen LogP contribution in [0.3, 0.4) is 0 Å². The van der Waals surface area contributed by atoms with Gasteiger partial charge in [0.05, 0.1) is 12.2 Å². The molecule has 0 fully saturated rings. The van der Waals surface area contributed by atoms with E-state index in [9.17, 15) is 0 Å². The van der Waals surface area contributed by atoms with Crippen LogP contribution in [0.15, 0.2) is 90.1 Å². The molecule has 0 aliphatic carbocycles. The van der Waals surface area contributed by atoms with Crippen molar-refractivity contribution in [3.05, 3.63) is 96.2 Å². The lowest BCUT2D eigenvalue weighted by Crippen LogP contribution is -2.29. The first kappa shape index (κ1) is 23.7. The lowest BCUT2D eigenvalue weighted by atomic mass is 9.84. The predicted octanol–water partition coefficient (Wildman–Crippen LogP) is 8.15. The van der Waals surface area contributed by atoms with Crippen molar-refractivity contribution in [3.8, 4) is 11.3 Å². The second kappa shape index (κ2) is 9.42. The number of hydrogen-bond donors (Lipinski definition) is 1. The first-order valence-corrected chi connectivity index (χ1v) is 12.0. The van der Waals surface area contributed by atoms with Gasteiger partial charge in [0.1, 0.15) is 0 Å². The molecule has 0 atom stereocenters. The number of anilines is 1. The van der Waals surface area contributed by atoms with E-state index < -0.39 is 0 Å². The molecule has 4 rings (SSSR count). The maximum Gasteiger partial charge on any atom is 0.0780 e. The Balaban J connectivity index is 1.71. The van der Waals surface area contributed by atoms with Gasteiger partial charge < -0.3 is 5.32 Å². The monoisotopic (exact) mass is 449 g/mol. The molecule has 0 aliphatic rings. The molecule has 0 aliphatic heterocycles. The van der Waals surface area contributed by atoms with E-state index in [1.54, 1.807) is 0 Å². The highest BCUT2D eigenvalue weighted by molar-refractivity contribution is 6.08. The highest BCUT2D eigenvalue weighted by Gasteiger charge is 2.24. The Morgan fingerprint density at radius 3 is 2.32 bits per heavy atom. The molecule has 0 amide bonds. The second-order valence-corrected chi connectivity index (χ2v) is 10.9. The number of benzene rings is 3. The number of para-hydroxylation sites is 1. The lowest BCUT2D eigenvalue weighted by Gasteiger charge is -2.28.